The Morgan fingerprint density at radius 1 is 1.14 bits per heavy atom. The van der Waals surface area contributed by atoms with Crippen LogP contribution in [0.2, 0.25) is 0 Å². The summed E-state index contributed by atoms with van der Waals surface area (Å²) in [6, 6.07) is 5.30. The third-order valence-electron chi connectivity index (χ3n) is 2.34. The van der Waals surface area contributed by atoms with Crippen LogP contribution < -0.4 is 0 Å². The van der Waals surface area contributed by atoms with Crippen LogP contribution in [-0.4, -0.2) is 6.67 Å². The minimum Gasteiger partial charge on any atom is -0.251 e. The van der Waals surface area contributed by atoms with Crippen LogP contribution in [0.15, 0.2) is 18.2 Å². The van der Waals surface area contributed by atoms with E-state index in [1.807, 2.05) is 6.07 Å². The van der Waals surface area contributed by atoms with Gasteiger partial charge in [-0.2, -0.15) is 0 Å². The smallest absolute Gasteiger partial charge is 0.126 e. The molecule has 0 aliphatic heterocycles. The van der Waals surface area contributed by atoms with E-state index in [-0.39, 0.29) is 12.5 Å². The van der Waals surface area contributed by atoms with Gasteiger partial charge in [0, 0.05) is 0 Å². The first-order valence-electron chi connectivity index (χ1n) is 5.05. The van der Waals surface area contributed by atoms with Crippen molar-refractivity contribution in [1.82, 2.24) is 0 Å². The zero-order valence-corrected chi connectivity index (χ0v) is 8.52. The Labute approximate surface area is 84.0 Å². The fourth-order valence-electron chi connectivity index (χ4n) is 1.39. The fraction of sp³-hybridized carbons (Fsp3) is 0.500. The second-order valence-electron chi connectivity index (χ2n) is 3.58. The van der Waals surface area contributed by atoms with Crippen LogP contribution in [0.4, 0.5) is 8.78 Å². The molecule has 1 aromatic carbocycles. The molecular formula is C12H16F2. The van der Waals surface area contributed by atoms with Crippen LogP contribution in [-0.2, 0) is 6.42 Å². The summed E-state index contributed by atoms with van der Waals surface area (Å²) in [5, 5.41) is 0. The molecule has 0 N–H and O–H groups in total. The van der Waals surface area contributed by atoms with E-state index in [1.165, 1.54) is 0 Å². The number of rotatable bonds is 5. The molecule has 0 spiro atoms. The Balaban J connectivity index is 2.39. The van der Waals surface area contributed by atoms with E-state index in [1.54, 1.807) is 19.1 Å². The molecule has 0 fully saturated rings. The highest BCUT2D eigenvalue weighted by molar-refractivity contribution is 5.23. The lowest BCUT2D eigenvalue weighted by Crippen LogP contribution is -1.90. The molecule has 2 heteroatoms. The minimum absolute atomic E-state index is 0.145. The van der Waals surface area contributed by atoms with Crippen LogP contribution in [0.1, 0.15) is 30.4 Å². The van der Waals surface area contributed by atoms with Gasteiger partial charge in [0.05, 0.1) is 6.67 Å². The second-order valence-corrected chi connectivity index (χ2v) is 3.58. The first-order valence-corrected chi connectivity index (χ1v) is 5.05. The van der Waals surface area contributed by atoms with E-state index < -0.39 is 0 Å². The maximum atomic E-state index is 13.1. The van der Waals surface area contributed by atoms with Gasteiger partial charge in [-0.3, -0.25) is 4.39 Å². The summed E-state index contributed by atoms with van der Waals surface area (Å²) in [6.07, 6.45) is 3.28. The summed E-state index contributed by atoms with van der Waals surface area (Å²) in [5.74, 6) is -0.145. The van der Waals surface area contributed by atoms with Crippen molar-refractivity contribution in [2.24, 2.45) is 0 Å². The van der Waals surface area contributed by atoms with Crippen molar-refractivity contribution in [2.45, 2.75) is 32.6 Å². The Morgan fingerprint density at radius 3 is 2.57 bits per heavy atom. The molecule has 0 saturated heterocycles. The zero-order valence-electron chi connectivity index (χ0n) is 8.52. The number of aryl methyl sites for hydroxylation is 2. The predicted molar refractivity (Wildman–Crippen MR) is 54.7 cm³/mol. The van der Waals surface area contributed by atoms with Crippen LogP contribution in [0.5, 0.6) is 0 Å². The quantitative estimate of drug-likeness (QED) is 0.631. The second kappa shape index (κ2) is 5.74. The SMILES string of the molecule is Cc1ccc(CCCCCF)cc1F. The van der Waals surface area contributed by atoms with Gasteiger partial charge in [0.15, 0.2) is 0 Å². The van der Waals surface area contributed by atoms with E-state index in [2.05, 4.69) is 0 Å². The molecule has 0 amide bonds. The van der Waals surface area contributed by atoms with Crippen molar-refractivity contribution in [3.05, 3.63) is 35.1 Å². The number of unbranched alkanes of at least 4 members (excludes halogenated alkanes) is 2. The normalized spacial score (nSPS) is 10.5. The van der Waals surface area contributed by atoms with Gasteiger partial charge in [-0.15, -0.1) is 0 Å². The van der Waals surface area contributed by atoms with Gasteiger partial charge in [0.1, 0.15) is 5.82 Å². The molecule has 0 aromatic heterocycles. The molecule has 0 nitrogen and oxygen atoms in total. The van der Waals surface area contributed by atoms with Crippen molar-refractivity contribution in [3.8, 4) is 0 Å². The lowest BCUT2D eigenvalue weighted by atomic mass is 10.1. The van der Waals surface area contributed by atoms with Gasteiger partial charge in [-0.25, -0.2) is 4.39 Å². The molecule has 0 atom stereocenters. The summed E-state index contributed by atoms with van der Waals surface area (Å²) in [4.78, 5) is 0. The summed E-state index contributed by atoms with van der Waals surface area (Å²) >= 11 is 0. The number of hydrogen-bond donors (Lipinski definition) is 0. The predicted octanol–water partition coefficient (Wildman–Crippen LogP) is 3.82. The molecule has 0 radical (unpaired) electrons. The van der Waals surface area contributed by atoms with Gasteiger partial charge >= 0.3 is 0 Å². The van der Waals surface area contributed by atoms with Gasteiger partial charge in [0.2, 0.25) is 0 Å². The third-order valence-corrected chi connectivity index (χ3v) is 2.34. The highest BCUT2D eigenvalue weighted by Crippen LogP contribution is 2.12. The number of halogens is 2. The van der Waals surface area contributed by atoms with Gasteiger partial charge in [0.25, 0.3) is 0 Å². The van der Waals surface area contributed by atoms with E-state index in [4.69, 9.17) is 0 Å². The van der Waals surface area contributed by atoms with E-state index >= 15 is 0 Å². The summed E-state index contributed by atoms with van der Waals surface area (Å²) in [7, 11) is 0. The maximum absolute atomic E-state index is 13.1. The minimum atomic E-state index is -0.248. The van der Waals surface area contributed by atoms with E-state index in [9.17, 15) is 8.78 Å². The van der Waals surface area contributed by atoms with Crippen molar-refractivity contribution in [3.63, 3.8) is 0 Å². The van der Waals surface area contributed by atoms with E-state index in [0.29, 0.717) is 12.0 Å². The Bertz CT molecular complexity index is 282. The molecule has 1 rings (SSSR count). The molecule has 1 aromatic rings. The average Bonchev–Trinajstić information content (AvgIpc) is 2.18. The Kier molecular flexibility index (Phi) is 4.57. The Hall–Kier alpha value is -0.920. The van der Waals surface area contributed by atoms with Gasteiger partial charge in [-0.05, 0) is 43.4 Å². The van der Waals surface area contributed by atoms with Crippen LogP contribution >= 0.6 is 0 Å². The van der Waals surface area contributed by atoms with Gasteiger partial charge < -0.3 is 0 Å². The van der Waals surface area contributed by atoms with Crippen molar-refractivity contribution in [2.75, 3.05) is 6.67 Å². The first kappa shape index (κ1) is 11.2. The standard InChI is InChI=1S/C12H16F2/c1-10-6-7-11(9-12(10)14)5-3-2-4-8-13/h6-7,9H,2-5,8H2,1H3. The highest BCUT2D eigenvalue weighted by atomic mass is 19.1. The molecule has 0 saturated carbocycles. The van der Waals surface area contributed by atoms with Crippen molar-refractivity contribution in [1.29, 1.82) is 0 Å². The monoisotopic (exact) mass is 198 g/mol. The molecule has 0 heterocycles. The molecule has 14 heavy (non-hydrogen) atoms. The molecular weight excluding hydrogens is 182 g/mol. The summed E-state index contributed by atoms with van der Waals surface area (Å²) in [6.45, 7) is 1.50. The summed E-state index contributed by atoms with van der Waals surface area (Å²) in [5.41, 5.74) is 1.68. The maximum Gasteiger partial charge on any atom is 0.126 e. The van der Waals surface area contributed by atoms with E-state index in [0.717, 1.165) is 24.8 Å². The lowest BCUT2D eigenvalue weighted by molar-refractivity contribution is 0.456. The molecule has 0 bridgehead atoms. The van der Waals surface area contributed by atoms with Crippen molar-refractivity contribution < 1.29 is 8.78 Å². The molecule has 0 unspecified atom stereocenters. The molecule has 0 aliphatic carbocycles. The lowest BCUT2D eigenvalue weighted by Gasteiger charge is -2.02. The summed E-state index contributed by atoms with van der Waals surface area (Å²) < 4.78 is 24.9. The van der Waals surface area contributed by atoms with Crippen LogP contribution in [0, 0.1) is 12.7 Å². The zero-order chi connectivity index (χ0) is 10.4. The third kappa shape index (κ3) is 3.44. The number of benzene rings is 1. The first-order chi connectivity index (χ1) is 6.74. The molecule has 0 aliphatic rings. The Morgan fingerprint density at radius 2 is 1.93 bits per heavy atom. The van der Waals surface area contributed by atoms with Crippen LogP contribution in [0.3, 0.4) is 0 Å². The number of hydrogen-bond acceptors (Lipinski definition) is 0. The van der Waals surface area contributed by atoms with Gasteiger partial charge in [-0.1, -0.05) is 18.6 Å². The van der Waals surface area contributed by atoms with Crippen LogP contribution in [0.25, 0.3) is 0 Å². The largest absolute Gasteiger partial charge is 0.251 e. The topological polar surface area (TPSA) is 0 Å². The fourth-order valence-corrected chi connectivity index (χ4v) is 1.39. The average molecular weight is 198 g/mol. The van der Waals surface area contributed by atoms with Crippen molar-refractivity contribution >= 4 is 0 Å². The number of alkyl halides is 1. The molecule has 78 valence electrons. The highest BCUT2D eigenvalue weighted by Gasteiger charge is 1.99.